The highest BCUT2D eigenvalue weighted by Gasteiger charge is 2.22. The molecule has 0 aliphatic carbocycles. The maximum atomic E-state index is 12.2. The number of carbonyl (C=O) groups excluding carboxylic acids is 1. The second kappa shape index (κ2) is 6.60. The van der Waals surface area contributed by atoms with E-state index < -0.39 is 0 Å². The van der Waals surface area contributed by atoms with Crippen LogP contribution >= 0.6 is 0 Å². The zero-order chi connectivity index (χ0) is 13.7. The van der Waals surface area contributed by atoms with Crippen LogP contribution < -0.4 is 5.73 Å². The monoisotopic (exact) mass is 260 g/mol. The second-order valence-electron chi connectivity index (χ2n) is 5.53. The summed E-state index contributed by atoms with van der Waals surface area (Å²) in [5.74, 6) is 1.07. The molecule has 104 valence electrons. The van der Waals surface area contributed by atoms with E-state index >= 15 is 0 Å². The lowest BCUT2D eigenvalue weighted by molar-refractivity contribution is -0.131. The molecule has 1 aromatic carbocycles. The summed E-state index contributed by atoms with van der Waals surface area (Å²) in [7, 11) is 0. The van der Waals surface area contributed by atoms with Gasteiger partial charge in [-0.1, -0.05) is 31.9 Å². The van der Waals surface area contributed by atoms with Gasteiger partial charge in [-0.25, -0.2) is 0 Å². The molecule has 1 saturated heterocycles. The van der Waals surface area contributed by atoms with Crippen LogP contribution in [-0.4, -0.2) is 23.9 Å². The van der Waals surface area contributed by atoms with Gasteiger partial charge < -0.3 is 10.6 Å². The Hall–Kier alpha value is -1.51. The minimum Gasteiger partial charge on any atom is -0.399 e. The van der Waals surface area contributed by atoms with Crippen LogP contribution in [0, 0.1) is 5.92 Å². The molecule has 1 heterocycles. The summed E-state index contributed by atoms with van der Waals surface area (Å²) in [5.41, 5.74) is 7.45. The number of hydrogen-bond acceptors (Lipinski definition) is 2. The van der Waals surface area contributed by atoms with E-state index in [-0.39, 0.29) is 5.91 Å². The lowest BCUT2D eigenvalue weighted by atomic mass is 9.92. The highest BCUT2D eigenvalue weighted by molar-refractivity contribution is 5.79. The lowest BCUT2D eigenvalue weighted by Crippen LogP contribution is -2.39. The van der Waals surface area contributed by atoms with Crippen LogP contribution in [-0.2, 0) is 11.2 Å². The number of hydrogen-bond donors (Lipinski definition) is 1. The Morgan fingerprint density at radius 3 is 2.47 bits per heavy atom. The zero-order valence-corrected chi connectivity index (χ0v) is 11.8. The number of benzene rings is 1. The van der Waals surface area contributed by atoms with Crippen molar-refractivity contribution >= 4 is 11.6 Å². The molecule has 3 nitrogen and oxygen atoms in total. The van der Waals surface area contributed by atoms with Gasteiger partial charge >= 0.3 is 0 Å². The summed E-state index contributed by atoms with van der Waals surface area (Å²) in [6, 6.07) is 7.60. The van der Waals surface area contributed by atoms with Crippen LogP contribution in [0.25, 0.3) is 0 Å². The Labute approximate surface area is 115 Å². The number of anilines is 1. The van der Waals surface area contributed by atoms with Gasteiger partial charge in [-0.15, -0.1) is 0 Å². The normalized spacial score (nSPS) is 16.6. The molecule has 1 amide bonds. The summed E-state index contributed by atoms with van der Waals surface area (Å²) in [6.07, 6.45) is 5.39. The molecule has 2 rings (SSSR count). The first-order valence-electron chi connectivity index (χ1n) is 7.31. The molecule has 19 heavy (non-hydrogen) atoms. The van der Waals surface area contributed by atoms with Crippen molar-refractivity contribution in [1.82, 2.24) is 4.90 Å². The van der Waals surface area contributed by atoms with Gasteiger partial charge in [0.2, 0.25) is 5.91 Å². The highest BCUT2D eigenvalue weighted by atomic mass is 16.2. The van der Waals surface area contributed by atoms with Crippen molar-refractivity contribution in [2.24, 2.45) is 5.92 Å². The Bertz CT molecular complexity index is 405. The van der Waals surface area contributed by atoms with E-state index in [2.05, 4.69) is 6.92 Å². The minimum atomic E-state index is 0.250. The number of nitrogens with zero attached hydrogens (tertiary/aromatic N) is 1. The summed E-state index contributed by atoms with van der Waals surface area (Å²) >= 11 is 0. The van der Waals surface area contributed by atoms with E-state index in [0.717, 1.165) is 30.3 Å². The van der Waals surface area contributed by atoms with Crippen molar-refractivity contribution in [2.45, 2.75) is 39.0 Å². The third-order valence-electron chi connectivity index (χ3n) is 4.00. The van der Waals surface area contributed by atoms with Crippen molar-refractivity contribution < 1.29 is 4.79 Å². The topological polar surface area (TPSA) is 46.3 Å². The molecule has 0 atom stereocenters. The molecule has 1 aliphatic heterocycles. The molecule has 0 spiro atoms. The van der Waals surface area contributed by atoms with Crippen molar-refractivity contribution in [2.75, 3.05) is 18.8 Å². The Kier molecular flexibility index (Phi) is 4.83. The van der Waals surface area contributed by atoms with Gasteiger partial charge in [-0.05, 0) is 36.5 Å². The molecule has 0 bridgehead atoms. The van der Waals surface area contributed by atoms with Crippen LogP contribution in [0.2, 0.25) is 0 Å². The first-order valence-corrected chi connectivity index (χ1v) is 7.31. The first kappa shape index (κ1) is 13.9. The van der Waals surface area contributed by atoms with Crippen LogP contribution in [0.4, 0.5) is 5.69 Å². The van der Waals surface area contributed by atoms with Crippen LogP contribution in [0.3, 0.4) is 0 Å². The van der Waals surface area contributed by atoms with Gasteiger partial charge in [0.1, 0.15) is 0 Å². The molecule has 1 aromatic rings. The number of likely N-dealkylation sites (tertiary alicyclic amines) is 1. The smallest absolute Gasteiger partial charge is 0.226 e. The average Bonchev–Trinajstić information content (AvgIpc) is 2.42. The summed E-state index contributed by atoms with van der Waals surface area (Å²) in [6.45, 7) is 4.09. The Morgan fingerprint density at radius 1 is 1.26 bits per heavy atom. The van der Waals surface area contributed by atoms with E-state index in [0.29, 0.717) is 6.42 Å². The van der Waals surface area contributed by atoms with E-state index in [9.17, 15) is 4.79 Å². The van der Waals surface area contributed by atoms with Crippen LogP contribution in [0.5, 0.6) is 0 Å². The number of nitrogens with two attached hydrogens (primary N) is 1. The summed E-state index contributed by atoms with van der Waals surface area (Å²) in [4.78, 5) is 14.2. The van der Waals surface area contributed by atoms with Gasteiger partial charge in [0.15, 0.2) is 0 Å². The first-order chi connectivity index (χ1) is 9.19. The predicted octanol–water partition coefficient (Wildman–Crippen LogP) is 2.85. The predicted molar refractivity (Wildman–Crippen MR) is 78.8 cm³/mol. The van der Waals surface area contributed by atoms with Gasteiger partial charge in [-0.2, -0.15) is 0 Å². The minimum absolute atomic E-state index is 0.250. The molecular formula is C16H24N2O. The fourth-order valence-corrected chi connectivity index (χ4v) is 2.80. The third kappa shape index (κ3) is 3.98. The Morgan fingerprint density at radius 2 is 1.89 bits per heavy atom. The molecule has 0 aromatic heterocycles. The Balaban J connectivity index is 1.83. The molecule has 1 aliphatic rings. The fraction of sp³-hybridized carbons (Fsp3) is 0.562. The van der Waals surface area contributed by atoms with Crippen LogP contribution in [0.15, 0.2) is 24.3 Å². The van der Waals surface area contributed by atoms with Crippen molar-refractivity contribution in [3.8, 4) is 0 Å². The molecule has 0 radical (unpaired) electrons. The van der Waals surface area contributed by atoms with Crippen molar-refractivity contribution in [3.63, 3.8) is 0 Å². The largest absolute Gasteiger partial charge is 0.399 e. The number of rotatable bonds is 4. The van der Waals surface area contributed by atoms with Crippen molar-refractivity contribution in [3.05, 3.63) is 29.8 Å². The molecule has 2 N–H and O–H groups in total. The standard InChI is InChI=1S/C16H24N2O/c1-2-3-13-8-10-18(11-9-13)16(19)12-14-4-6-15(17)7-5-14/h4-7,13H,2-3,8-12,17H2,1H3. The second-order valence-corrected chi connectivity index (χ2v) is 5.53. The van der Waals surface area contributed by atoms with Gasteiger partial charge in [0.05, 0.1) is 6.42 Å². The summed E-state index contributed by atoms with van der Waals surface area (Å²) in [5, 5.41) is 0. The number of carbonyl (C=O) groups is 1. The van der Waals surface area contributed by atoms with Crippen LogP contribution in [0.1, 0.15) is 38.2 Å². The van der Waals surface area contributed by atoms with E-state index in [1.54, 1.807) is 0 Å². The van der Waals surface area contributed by atoms with Gasteiger partial charge in [-0.3, -0.25) is 4.79 Å². The number of nitrogen functional groups attached to an aromatic ring is 1. The highest BCUT2D eigenvalue weighted by Crippen LogP contribution is 2.22. The molecule has 0 unspecified atom stereocenters. The maximum Gasteiger partial charge on any atom is 0.226 e. The molecule has 0 saturated carbocycles. The SMILES string of the molecule is CCCC1CCN(C(=O)Cc2ccc(N)cc2)CC1. The van der Waals surface area contributed by atoms with E-state index in [1.807, 2.05) is 29.2 Å². The van der Waals surface area contributed by atoms with E-state index in [1.165, 1.54) is 25.7 Å². The average molecular weight is 260 g/mol. The van der Waals surface area contributed by atoms with Crippen molar-refractivity contribution in [1.29, 1.82) is 0 Å². The molecule has 1 fully saturated rings. The van der Waals surface area contributed by atoms with E-state index in [4.69, 9.17) is 5.73 Å². The summed E-state index contributed by atoms with van der Waals surface area (Å²) < 4.78 is 0. The molecular weight excluding hydrogens is 236 g/mol. The quantitative estimate of drug-likeness (QED) is 0.846. The fourth-order valence-electron chi connectivity index (χ4n) is 2.80. The van der Waals surface area contributed by atoms with Gasteiger partial charge in [0.25, 0.3) is 0 Å². The maximum absolute atomic E-state index is 12.2. The lowest BCUT2D eigenvalue weighted by Gasteiger charge is -2.32. The van der Waals surface area contributed by atoms with Gasteiger partial charge in [0, 0.05) is 18.8 Å². The third-order valence-corrected chi connectivity index (χ3v) is 4.00. The number of amides is 1. The number of piperidine rings is 1. The molecule has 3 heteroatoms. The zero-order valence-electron chi connectivity index (χ0n) is 11.8.